The van der Waals surface area contributed by atoms with Crippen LogP contribution < -0.4 is 0 Å². The lowest BCUT2D eigenvalue weighted by molar-refractivity contribution is -0.166. The summed E-state index contributed by atoms with van der Waals surface area (Å²) in [5, 5.41) is 0.528. The second-order valence-electron chi connectivity index (χ2n) is 6.05. The van der Waals surface area contributed by atoms with E-state index in [1.807, 2.05) is 0 Å². The maximum absolute atomic E-state index is 13.4. The second-order valence-corrected chi connectivity index (χ2v) is 6.48. The molecule has 0 radical (unpaired) electrons. The van der Waals surface area contributed by atoms with Gasteiger partial charge >= 0.3 is 11.9 Å². The van der Waals surface area contributed by atoms with Crippen LogP contribution in [0.5, 0.6) is 0 Å². The van der Waals surface area contributed by atoms with Gasteiger partial charge in [-0.3, -0.25) is 14.4 Å². The Hall–Kier alpha value is -1.92. The monoisotopic (exact) mass is 382 g/mol. The molecule has 2 rings (SSSR count). The van der Waals surface area contributed by atoms with E-state index in [2.05, 4.69) is 0 Å². The van der Waals surface area contributed by atoms with Crippen molar-refractivity contribution < 1.29 is 28.6 Å². The molecule has 26 heavy (non-hydrogen) atoms. The molecule has 1 aliphatic rings. The number of ketones is 1. The third kappa shape index (κ3) is 4.24. The van der Waals surface area contributed by atoms with Crippen molar-refractivity contribution in [3.63, 3.8) is 0 Å². The van der Waals surface area contributed by atoms with E-state index in [1.165, 1.54) is 0 Å². The highest BCUT2D eigenvalue weighted by Gasteiger charge is 2.51. The first-order valence-corrected chi connectivity index (χ1v) is 9.05. The molecule has 1 saturated heterocycles. The van der Waals surface area contributed by atoms with E-state index < -0.39 is 29.1 Å². The SMILES string of the molecule is CCOC(=O)C(C(=O)OCC)C(=O)C1(c2ccc(Cl)cc2)CCCOC1. The molecule has 0 saturated carbocycles. The molecule has 1 heterocycles. The molecule has 1 unspecified atom stereocenters. The summed E-state index contributed by atoms with van der Waals surface area (Å²) in [7, 11) is 0. The molecule has 0 spiro atoms. The van der Waals surface area contributed by atoms with Gasteiger partial charge in [0.1, 0.15) is 0 Å². The van der Waals surface area contributed by atoms with E-state index in [4.69, 9.17) is 25.8 Å². The molecule has 7 heteroatoms. The van der Waals surface area contributed by atoms with Crippen LogP contribution in [0, 0.1) is 5.92 Å². The zero-order valence-electron chi connectivity index (χ0n) is 15.0. The summed E-state index contributed by atoms with van der Waals surface area (Å²) in [6, 6.07) is 6.79. The summed E-state index contributed by atoms with van der Waals surface area (Å²) >= 11 is 5.96. The van der Waals surface area contributed by atoms with Gasteiger partial charge in [-0.25, -0.2) is 0 Å². The summed E-state index contributed by atoms with van der Waals surface area (Å²) in [5.74, 6) is -3.98. The lowest BCUT2D eigenvalue weighted by Gasteiger charge is -2.37. The summed E-state index contributed by atoms with van der Waals surface area (Å²) in [6.07, 6.45) is 1.09. The molecule has 1 fully saturated rings. The standard InChI is InChI=1S/C19H23ClO6/c1-3-25-17(22)15(18(23)26-4-2)16(21)19(10-5-11-24-12-19)13-6-8-14(20)9-7-13/h6-9,15H,3-5,10-12H2,1-2H3. The molecule has 0 bridgehead atoms. The van der Waals surface area contributed by atoms with E-state index in [9.17, 15) is 14.4 Å². The Bertz CT molecular complexity index is 630. The fraction of sp³-hybridized carbons (Fsp3) is 0.526. The first kappa shape index (κ1) is 20.4. The third-order valence-corrected chi connectivity index (χ3v) is 4.67. The maximum Gasteiger partial charge on any atom is 0.328 e. The molecule has 0 aromatic heterocycles. The molecule has 6 nitrogen and oxygen atoms in total. The fourth-order valence-corrected chi connectivity index (χ4v) is 3.29. The van der Waals surface area contributed by atoms with E-state index in [-0.39, 0.29) is 19.8 Å². The minimum Gasteiger partial charge on any atom is -0.465 e. The van der Waals surface area contributed by atoms with Crippen LogP contribution in [0.1, 0.15) is 32.3 Å². The summed E-state index contributed by atoms with van der Waals surface area (Å²) in [6.45, 7) is 3.96. The van der Waals surface area contributed by atoms with Gasteiger partial charge < -0.3 is 14.2 Å². The summed E-state index contributed by atoms with van der Waals surface area (Å²) in [5.41, 5.74) is -0.460. The van der Waals surface area contributed by atoms with Crippen LogP contribution in [-0.2, 0) is 34.0 Å². The summed E-state index contributed by atoms with van der Waals surface area (Å²) in [4.78, 5) is 38.2. The number of carbonyl (C=O) groups is 3. The van der Waals surface area contributed by atoms with Crippen LogP contribution in [0.2, 0.25) is 5.02 Å². The van der Waals surface area contributed by atoms with Gasteiger partial charge in [0.05, 0.1) is 25.2 Å². The van der Waals surface area contributed by atoms with Crippen molar-refractivity contribution in [1.82, 2.24) is 0 Å². The van der Waals surface area contributed by atoms with Gasteiger partial charge in [-0.1, -0.05) is 23.7 Å². The van der Waals surface area contributed by atoms with Crippen LogP contribution in [-0.4, -0.2) is 44.1 Å². The average molecular weight is 383 g/mol. The number of halogens is 1. The zero-order chi connectivity index (χ0) is 19.2. The summed E-state index contributed by atoms with van der Waals surface area (Å²) < 4.78 is 15.5. The molecule has 1 atom stereocenters. The number of ether oxygens (including phenoxy) is 3. The van der Waals surface area contributed by atoms with Gasteiger partial charge in [-0.05, 0) is 44.4 Å². The average Bonchev–Trinajstić information content (AvgIpc) is 2.63. The van der Waals surface area contributed by atoms with Gasteiger partial charge in [0.2, 0.25) is 5.92 Å². The van der Waals surface area contributed by atoms with Crippen molar-refractivity contribution in [1.29, 1.82) is 0 Å². The quantitative estimate of drug-likeness (QED) is 0.533. The largest absolute Gasteiger partial charge is 0.465 e. The first-order valence-electron chi connectivity index (χ1n) is 8.67. The van der Waals surface area contributed by atoms with Gasteiger partial charge in [0.25, 0.3) is 0 Å². The lowest BCUT2D eigenvalue weighted by atomic mass is 9.69. The van der Waals surface area contributed by atoms with Crippen molar-refractivity contribution in [3.05, 3.63) is 34.9 Å². The number of rotatable bonds is 7. The molecule has 0 amide bonds. The van der Waals surface area contributed by atoms with Crippen molar-refractivity contribution in [3.8, 4) is 0 Å². The Morgan fingerprint density at radius 3 is 2.15 bits per heavy atom. The van der Waals surface area contributed by atoms with Crippen LogP contribution in [0.15, 0.2) is 24.3 Å². The predicted octanol–water partition coefficient (Wildman–Crippen LogP) is 2.70. The molecule has 0 aliphatic carbocycles. The van der Waals surface area contributed by atoms with Crippen LogP contribution >= 0.6 is 11.6 Å². The Labute approximate surface area is 157 Å². The van der Waals surface area contributed by atoms with E-state index in [0.29, 0.717) is 30.0 Å². The first-order chi connectivity index (χ1) is 12.5. The Kier molecular flexibility index (Phi) is 7.17. The number of hydrogen-bond acceptors (Lipinski definition) is 6. The van der Waals surface area contributed by atoms with Crippen molar-refractivity contribution in [2.75, 3.05) is 26.4 Å². The van der Waals surface area contributed by atoms with Crippen LogP contribution in [0.3, 0.4) is 0 Å². The molecule has 142 valence electrons. The topological polar surface area (TPSA) is 78.9 Å². The van der Waals surface area contributed by atoms with E-state index >= 15 is 0 Å². The van der Waals surface area contributed by atoms with Gasteiger partial charge in [-0.2, -0.15) is 0 Å². The van der Waals surface area contributed by atoms with Crippen LogP contribution in [0.4, 0.5) is 0 Å². The molecule has 1 aromatic rings. The number of hydrogen-bond donors (Lipinski definition) is 0. The third-order valence-electron chi connectivity index (χ3n) is 4.42. The van der Waals surface area contributed by atoms with Crippen LogP contribution in [0.25, 0.3) is 0 Å². The normalized spacial score (nSPS) is 19.8. The lowest BCUT2D eigenvalue weighted by Crippen LogP contribution is -2.51. The highest BCUT2D eigenvalue weighted by atomic mass is 35.5. The zero-order valence-corrected chi connectivity index (χ0v) is 15.7. The molecule has 0 N–H and O–H groups in total. The molecule has 1 aliphatic heterocycles. The number of carbonyl (C=O) groups excluding carboxylic acids is 3. The number of benzene rings is 1. The number of esters is 2. The van der Waals surface area contributed by atoms with Crippen molar-refractivity contribution in [2.24, 2.45) is 5.92 Å². The minimum atomic E-state index is -1.63. The Morgan fingerprint density at radius 1 is 1.12 bits per heavy atom. The fourth-order valence-electron chi connectivity index (χ4n) is 3.17. The number of Topliss-reactive ketones (excluding diaryl/α,β-unsaturated/α-hetero) is 1. The van der Waals surface area contributed by atoms with Crippen molar-refractivity contribution >= 4 is 29.3 Å². The molecular formula is C19H23ClO6. The van der Waals surface area contributed by atoms with E-state index in [1.54, 1.807) is 38.1 Å². The van der Waals surface area contributed by atoms with E-state index in [0.717, 1.165) is 0 Å². The molecular weight excluding hydrogens is 360 g/mol. The van der Waals surface area contributed by atoms with Gasteiger partial charge in [0, 0.05) is 11.6 Å². The van der Waals surface area contributed by atoms with Gasteiger partial charge in [-0.15, -0.1) is 0 Å². The second kappa shape index (κ2) is 9.14. The predicted molar refractivity (Wildman–Crippen MR) is 94.9 cm³/mol. The Balaban J connectivity index is 2.46. The van der Waals surface area contributed by atoms with Gasteiger partial charge in [0.15, 0.2) is 5.78 Å². The Morgan fingerprint density at radius 2 is 1.69 bits per heavy atom. The highest BCUT2D eigenvalue weighted by molar-refractivity contribution is 6.30. The molecule has 1 aromatic carbocycles. The maximum atomic E-state index is 13.4. The highest BCUT2D eigenvalue weighted by Crippen LogP contribution is 2.37. The minimum absolute atomic E-state index is 0.0620. The smallest absolute Gasteiger partial charge is 0.328 e. The van der Waals surface area contributed by atoms with Crippen molar-refractivity contribution in [2.45, 2.75) is 32.1 Å².